The Hall–Kier alpha value is -2.80. The van der Waals surface area contributed by atoms with E-state index >= 15 is 0 Å². The number of anilines is 3. The van der Waals surface area contributed by atoms with Crippen molar-refractivity contribution in [2.75, 3.05) is 10.0 Å². The van der Waals surface area contributed by atoms with E-state index in [-0.39, 0.29) is 4.90 Å². The summed E-state index contributed by atoms with van der Waals surface area (Å²) >= 11 is 0. The van der Waals surface area contributed by atoms with Gasteiger partial charge in [-0.1, -0.05) is 22.9 Å². The Morgan fingerprint density at radius 3 is 2.12 bits per heavy atom. The van der Waals surface area contributed by atoms with Gasteiger partial charge in [-0.05, 0) is 50.2 Å². The molecule has 0 unspecified atom stereocenters. The number of sulfonamides is 1. The van der Waals surface area contributed by atoms with Gasteiger partial charge in [0.2, 0.25) is 0 Å². The maximum atomic E-state index is 12.3. The molecule has 2 N–H and O–H groups in total. The van der Waals surface area contributed by atoms with Gasteiger partial charge in [-0.15, -0.1) is 0 Å². The molecule has 24 heavy (non-hydrogen) atoms. The smallest absolute Gasteiger partial charge is 0.261 e. The van der Waals surface area contributed by atoms with Gasteiger partial charge in [0.05, 0.1) is 4.90 Å². The molecule has 0 bridgehead atoms. The van der Waals surface area contributed by atoms with E-state index in [1.165, 1.54) is 0 Å². The van der Waals surface area contributed by atoms with Crippen molar-refractivity contribution in [3.63, 3.8) is 0 Å². The number of hydrogen-bond donors (Lipinski definition) is 2. The van der Waals surface area contributed by atoms with Gasteiger partial charge in [0.25, 0.3) is 10.0 Å². The summed E-state index contributed by atoms with van der Waals surface area (Å²) in [7, 11) is -3.60. The molecule has 0 aliphatic rings. The minimum absolute atomic E-state index is 0.230. The largest absolute Gasteiger partial charge is 0.360 e. The predicted octanol–water partition coefficient (Wildman–Crippen LogP) is 3.84. The summed E-state index contributed by atoms with van der Waals surface area (Å²) < 4.78 is 32.2. The molecular formula is C17H17N3O3S. The van der Waals surface area contributed by atoms with Crippen LogP contribution in [0.3, 0.4) is 0 Å². The molecule has 3 aromatic rings. The van der Waals surface area contributed by atoms with Gasteiger partial charge in [-0.25, -0.2) is 8.42 Å². The molecule has 0 radical (unpaired) electrons. The maximum absolute atomic E-state index is 12.3. The Morgan fingerprint density at radius 1 is 0.917 bits per heavy atom. The molecule has 7 heteroatoms. The molecule has 0 saturated heterocycles. The molecule has 0 saturated carbocycles. The summed E-state index contributed by atoms with van der Waals surface area (Å²) in [5.41, 5.74) is 2.27. The lowest BCUT2D eigenvalue weighted by molar-refractivity contribution is 0.400. The zero-order chi connectivity index (χ0) is 17.2. The Balaban J connectivity index is 1.72. The summed E-state index contributed by atoms with van der Waals surface area (Å²) in [5, 5.41) is 6.91. The van der Waals surface area contributed by atoms with Gasteiger partial charge in [0.1, 0.15) is 5.76 Å². The molecule has 0 spiro atoms. The zero-order valence-electron chi connectivity index (χ0n) is 13.3. The lowest BCUT2D eigenvalue weighted by Gasteiger charge is -2.09. The highest BCUT2D eigenvalue weighted by Gasteiger charge is 2.13. The van der Waals surface area contributed by atoms with Crippen LogP contribution in [-0.2, 0) is 10.0 Å². The molecule has 1 heterocycles. The summed E-state index contributed by atoms with van der Waals surface area (Å²) in [6.07, 6.45) is 0. The van der Waals surface area contributed by atoms with Gasteiger partial charge in [0.15, 0.2) is 5.82 Å². The molecule has 0 fully saturated rings. The van der Waals surface area contributed by atoms with Gasteiger partial charge >= 0.3 is 0 Å². The number of hydrogen-bond acceptors (Lipinski definition) is 5. The summed E-state index contributed by atoms with van der Waals surface area (Å²) in [6, 6.07) is 15.4. The molecule has 0 aliphatic heterocycles. The number of aromatic nitrogens is 1. The Kier molecular flexibility index (Phi) is 4.26. The van der Waals surface area contributed by atoms with Crippen LogP contribution in [0.25, 0.3) is 0 Å². The van der Waals surface area contributed by atoms with Crippen molar-refractivity contribution in [3.8, 4) is 0 Å². The maximum Gasteiger partial charge on any atom is 0.261 e. The van der Waals surface area contributed by atoms with Crippen molar-refractivity contribution >= 4 is 27.2 Å². The normalized spacial score (nSPS) is 11.2. The first-order chi connectivity index (χ1) is 11.4. The third-order valence-corrected chi connectivity index (χ3v) is 4.77. The van der Waals surface area contributed by atoms with Gasteiger partial charge in [0, 0.05) is 17.4 Å². The topological polar surface area (TPSA) is 84.2 Å². The molecule has 3 rings (SSSR count). The predicted molar refractivity (Wildman–Crippen MR) is 93.0 cm³/mol. The van der Waals surface area contributed by atoms with Crippen LogP contribution in [0.15, 0.2) is 64.0 Å². The standard InChI is InChI=1S/C17H17N3O3S/c1-12-3-9-16(10-4-12)24(21,22)20-15-7-5-14(6-8-15)18-17-11-13(2)23-19-17/h3-11,20H,1-2H3,(H,18,19). The van der Waals surface area contributed by atoms with Crippen LogP contribution in [0.5, 0.6) is 0 Å². The first kappa shape index (κ1) is 16.1. The number of aryl methyl sites for hydroxylation is 2. The minimum Gasteiger partial charge on any atom is -0.360 e. The van der Waals surface area contributed by atoms with Gasteiger partial charge < -0.3 is 9.84 Å². The Labute approximate surface area is 140 Å². The second-order valence-electron chi connectivity index (χ2n) is 5.44. The lowest BCUT2D eigenvalue weighted by atomic mass is 10.2. The zero-order valence-corrected chi connectivity index (χ0v) is 14.1. The van der Waals surface area contributed by atoms with Crippen LogP contribution < -0.4 is 10.0 Å². The number of benzene rings is 2. The number of nitrogens with zero attached hydrogens (tertiary/aromatic N) is 1. The molecule has 0 amide bonds. The van der Waals surface area contributed by atoms with E-state index in [9.17, 15) is 8.42 Å². The first-order valence-electron chi connectivity index (χ1n) is 7.32. The monoisotopic (exact) mass is 343 g/mol. The van der Waals surface area contributed by atoms with E-state index in [0.29, 0.717) is 17.3 Å². The molecule has 1 aromatic heterocycles. The molecule has 0 aliphatic carbocycles. The van der Waals surface area contributed by atoms with Crippen LogP contribution in [-0.4, -0.2) is 13.6 Å². The van der Waals surface area contributed by atoms with Crippen LogP contribution in [0, 0.1) is 13.8 Å². The lowest BCUT2D eigenvalue weighted by Crippen LogP contribution is -2.12. The van der Waals surface area contributed by atoms with E-state index in [0.717, 1.165) is 11.3 Å². The van der Waals surface area contributed by atoms with Crippen molar-refractivity contribution in [1.82, 2.24) is 5.16 Å². The van der Waals surface area contributed by atoms with Crippen molar-refractivity contribution in [1.29, 1.82) is 0 Å². The average Bonchev–Trinajstić information content (AvgIpc) is 2.94. The van der Waals surface area contributed by atoms with Crippen molar-refractivity contribution < 1.29 is 12.9 Å². The third kappa shape index (κ3) is 3.75. The van der Waals surface area contributed by atoms with Crippen molar-refractivity contribution in [2.24, 2.45) is 0 Å². The fraction of sp³-hybridized carbons (Fsp3) is 0.118. The summed E-state index contributed by atoms with van der Waals surface area (Å²) in [5.74, 6) is 1.31. The number of rotatable bonds is 5. The molecule has 124 valence electrons. The highest BCUT2D eigenvalue weighted by molar-refractivity contribution is 7.92. The quantitative estimate of drug-likeness (QED) is 0.735. The minimum atomic E-state index is -3.60. The van der Waals surface area contributed by atoms with Crippen molar-refractivity contribution in [2.45, 2.75) is 18.7 Å². The van der Waals surface area contributed by atoms with E-state index < -0.39 is 10.0 Å². The average molecular weight is 343 g/mol. The fourth-order valence-electron chi connectivity index (χ4n) is 2.13. The first-order valence-corrected chi connectivity index (χ1v) is 8.81. The van der Waals surface area contributed by atoms with Crippen LogP contribution >= 0.6 is 0 Å². The Morgan fingerprint density at radius 2 is 1.54 bits per heavy atom. The summed E-state index contributed by atoms with van der Waals surface area (Å²) in [6.45, 7) is 3.72. The molecule has 0 atom stereocenters. The van der Waals surface area contributed by atoms with Gasteiger partial charge in [-0.2, -0.15) is 0 Å². The third-order valence-electron chi connectivity index (χ3n) is 3.37. The van der Waals surface area contributed by atoms with Crippen LogP contribution in [0.2, 0.25) is 0 Å². The highest BCUT2D eigenvalue weighted by Crippen LogP contribution is 2.21. The van der Waals surface area contributed by atoms with Crippen LogP contribution in [0.1, 0.15) is 11.3 Å². The molecular weight excluding hydrogens is 326 g/mol. The SMILES string of the molecule is Cc1ccc(S(=O)(=O)Nc2ccc(Nc3cc(C)on3)cc2)cc1. The fourth-order valence-corrected chi connectivity index (χ4v) is 3.18. The second kappa shape index (κ2) is 6.37. The van der Waals surface area contributed by atoms with E-state index in [2.05, 4.69) is 15.2 Å². The molecule has 6 nitrogen and oxygen atoms in total. The second-order valence-corrected chi connectivity index (χ2v) is 7.13. The number of nitrogens with one attached hydrogen (secondary N) is 2. The van der Waals surface area contributed by atoms with Crippen LogP contribution in [0.4, 0.5) is 17.2 Å². The van der Waals surface area contributed by atoms with E-state index in [4.69, 9.17) is 4.52 Å². The summed E-state index contributed by atoms with van der Waals surface area (Å²) in [4.78, 5) is 0.230. The van der Waals surface area contributed by atoms with E-state index in [1.54, 1.807) is 61.5 Å². The van der Waals surface area contributed by atoms with Crippen molar-refractivity contribution in [3.05, 3.63) is 65.9 Å². The Bertz CT molecular complexity index is 930. The highest BCUT2D eigenvalue weighted by atomic mass is 32.2. The van der Waals surface area contributed by atoms with Gasteiger partial charge in [-0.3, -0.25) is 4.72 Å². The molecule has 2 aromatic carbocycles. The van der Waals surface area contributed by atoms with E-state index in [1.807, 2.05) is 6.92 Å².